The largest absolute Gasteiger partial charge is 0.423 e. The first kappa shape index (κ1) is 19.8. The summed E-state index contributed by atoms with van der Waals surface area (Å²) in [6.07, 6.45) is 1.15. The number of rotatable bonds is 4. The highest BCUT2D eigenvalue weighted by molar-refractivity contribution is 5.85. The minimum absolute atomic E-state index is 0.451. The average Bonchev–Trinajstić information content (AvgIpc) is 2.81. The van der Waals surface area contributed by atoms with Crippen LogP contribution in [0.15, 0.2) is 128 Å². The summed E-state index contributed by atoms with van der Waals surface area (Å²) in [5.74, 6) is 0.0944. The number of hydrogen-bond acceptors (Lipinski definition) is 2. The van der Waals surface area contributed by atoms with Crippen molar-refractivity contribution in [3.05, 3.63) is 128 Å². The van der Waals surface area contributed by atoms with E-state index in [0.717, 1.165) is 17.2 Å². The van der Waals surface area contributed by atoms with Crippen molar-refractivity contribution in [1.82, 2.24) is 0 Å². The van der Waals surface area contributed by atoms with Crippen LogP contribution in [0, 0.1) is 0 Å². The van der Waals surface area contributed by atoms with Crippen molar-refractivity contribution in [3.8, 4) is 28.0 Å². The molecule has 2 nitrogen and oxygen atoms in total. The van der Waals surface area contributed by atoms with Crippen LogP contribution in [0.4, 0.5) is 0 Å². The topological polar surface area (TPSA) is 26.3 Å². The van der Waals surface area contributed by atoms with E-state index in [1.165, 1.54) is 11.1 Å². The molecule has 2 heteroatoms. The van der Waals surface area contributed by atoms with E-state index >= 15 is 0 Å². The van der Waals surface area contributed by atoms with Crippen LogP contribution < -0.4 is 4.74 Å². The Kier molecular flexibility index (Phi) is 7.14. The lowest BCUT2D eigenvalue weighted by molar-refractivity contribution is -0.128. The number of esters is 1. The molecule has 0 fully saturated rings. The Hall–Kier alpha value is -3.91. The maximum absolute atomic E-state index is 11.2. The Labute approximate surface area is 171 Å². The smallest absolute Gasteiger partial charge is 0.335 e. The fourth-order valence-electron chi connectivity index (χ4n) is 2.82. The highest BCUT2D eigenvalue weighted by Gasteiger charge is 2.07. The number of hydrogen-bond donors (Lipinski definition) is 0. The van der Waals surface area contributed by atoms with Crippen molar-refractivity contribution in [2.24, 2.45) is 0 Å². The van der Waals surface area contributed by atoms with Gasteiger partial charge in [-0.2, -0.15) is 0 Å². The number of benzene rings is 4. The predicted octanol–water partition coefficient (Wildman–Crippen LogP) is 6.80. The lowest BCUT2D eigenvalue weighted by atomic mass is 10.1. The molecule has 0 saturated carbocycles. The molecule has 0 saturated heterocycles. The van der Waals surface area contributed by atoms with Gasteiger partial charge in [0.15, 0.2) is 0 Å². The van der Waals surface area contributed by atoms with Crippen molar-refractivity contribution < 1.29 is 9.53 Å². The lowest BCUT2D eigenvalue weighted by Gasteiger charge is -2.08. The van der Waals surface area contributed by atoms with E-state index < -0.39 is 5.97 Å². The van der Waals surface area contributed by atoms with Gasteiger partial charge in [-0.15, -0.1) is 0 Å². The predicted molar refractivity (Wildman–Crippen MR) is 120 cm³/mol. The Bertz CT molecular complexity index is 1000. The second kappa shape index (κ2) is 10.4. The number of carbonyl (C=O) groups is 1. The Morgan fingerprint density at radius 2 is 1.00 bits per heavy atom. The molecular formula is C27H22O2. The molecule has 142 valence electrons. The molecule has 0 aromatic heterocycles. The fourth-order valence-corrected chi connectivity index (χ4v) is 2.82. The minimum Gasteiger partial charge on any atom is -0.423 e. The molecule has 0 aliphatic rings. The van der Waals surface area contributed by atoms with Gasteiger partial charge in [-0.25, -0.2) is 4.79 Å². The number of carbonyl (C=O) groups excluding carboxylic acids is 1. The third-order valence-corrected chi connectivity index (χ3v) is 4.23. The summed E-state index contributed by atoms with van der Waals surface area (Å²) in [6, 6.07) is 38.0. The summed E-state index contributed by atoms with van der Waals surface area (Å²) in [4.78, 5) is 11.2. The molecule has 0 N–H and O–H groups in total. The van der Waals surface area contributed by atoms with Gasteiger partial charge in [0.2, 0.25) is 0 Å². The molecular weight excluding hydrogens is 356 g/mol. The van der Waals surface area contributed by atoms with Gasteiger partial charge >= 0.3 is 5.97 Å². The molecule has 0 unspecified atom stereocenters. The maximum Gasteiger partial charge on any atom is 0.335 e. The fraction of sp³-hybridized carbons (Fsp3) is 0. The van der Waals surface area contributed by atoms with Crippen LogP contribution in [0.25, 0.3) is 22.3 Å². The minimum atomic E-state index is -0.451. The molecule has 0 radical (unpaired) electrons. The standard InChI is InChI=1S/C15H12O2.C12H10/c1-2-15(16)17-14-11-7-6-10-13(14)12-8-4-3-5-9-12;1-3-7-11(8-4-1)12-9-5-2-6-10-12/h2-11H,1H2;1-10H. The van der Waals surface area contributed by atoms with Crippen LogP contribution in [0.1, 0.15) is 0 Å². The van der Waals surface area contributed by atoms with E-state index in [-0.39, 0.29) is 0 Å². The zero-order valence-corrected chi connectivity index (χ0v) is 16.1. The van der Waals surface area contributed by atoms with Crippen molar-refractivity contribution in [2.45, 2.75) is 0 Å². The molecule has 0 bridgehead atoms. The van der Waals surface area contributed by atoms with Gasteiger partial charge in [-0.05, 0) is 22.8 Å². The molecule has 4 rings (SSSR count). The summed E-state index contributed by atoms with van der Waals surface area (Å²) in [7, 11) is 0. The third kappa shape index (κ3) is 5.78. The van der Waals surface area contributed by atoms with Crippen molar-refractivity contribution in [1.29, 1.82) is 0 Å². The van der Waals surface area contributed by atoms with Crippen molar-refractivity contribution in [3.63, 3.8) is 0 Å². The van der Waals surface area contributed by atoms with Gasteiger partial charge in [0.05, 0.1) is 0 Å². The van der Waals surface area contributed by atoms with Crippen LogP contribution in [-0.2, 0) is 4.79 Å². The van der Waals surface area contributed by atoms with Gasteiger partial charge in [-0.3, -0.25) is 0 Å². The van der Waals surface area contributed by atoms with Crippen LogP contribution in [0.3, 0.4) is 0 Å². The average molecular weight is 378 g/mol. The number of para-hydroxylation sites is 1. The van der Waals surface area contributed by atoms with E-state index in [2.05, 4.69) is 55.1 Å². The molecule has 0 aliphatic carbocycles. The second-order valence-corrected chi connectivity index (χ2v) is 6.22. The summed E-state index contributed by atoms with van der Waals surface area (Å²) in [5, 5.41) is 0. The molecule has 0 amide bonds. The van der Waals surface area contributed by atoms with Crippen LogP contribution in [0.5, 0.6) is 5.75 Å². The summed E-state index contributed by atoms with van der Waals surface area (Å²) in [5.41, 5.74) is 4.46. The van der Waals surface area contributed by atoms with E-state index in [0.29, 0.717) is 5.75 Å². The van der Waals surface area contributed by atoms with Crippen LogP contribution >= 0.6 is 0 Å². The first-order valence-corrected chi connectivity index (χ1v) is 9.37. The molecule has 4 aromatic rings. The Balaban J connectivity index is 0.000000176. The first-order chi connectivity index (χ1) is 14.3. The summed E-state index contributed by atoms with van der Waals surface area (Å²) >= 11 is 0. The normalized spacial score (nSPS) is 9.66. The molecule has 29 heavy (non-hydrogen) atoms. The maximum atomic E-state index is 11.2. The molecule has 0 aliphatic heterocycles. The van der Waals surface area contributed by atoms with Crippen molar-refractivity contribution in [2.75, 3.05) is 0 Å². The van der Waals surface area contributed by atoms with Gasteiger partial charge in [-0.1, -0.05) is 116 Å². The van der Waals surface area contributed by atoms with Gasteiger partial charge in [0, 0.05) is 11.6 Å². The zero-order valence-electron chi connectivity index (χ0n) is 16.1. The Morgan fingerprint density at radius 3 is 1.48 bits per heavy atom. The highest BCUT2D eigenvalue weighted by Crippen LogP contribution is 2.29. The second-order valence-electron chi connectivity index (χ2n) is 6.22. The summed E-state index contributed by atoms with van der Waals surface area (Å²) in [6.45, 7) is 3.38. The first-order valence-electron chi connectivity index (χ1n) is 9.37. The van der Waals surface area contributed by atoms with Crippen LogP contribution in [0.2, 0.25) is 0 Å². The SMILES string of the molecule is C=CC(=O)Oc1ccccc1-c1ccccc1.c1ccc(-c2ccccc2)cc1. The monoisotopic (exact) mass is 378 g/mol. The Morgan fingerprint density at radius 1 is 0.586 bits per heavy atom. The molecule has 0 atom stereocenters. The van der Waals surface area contributed by atoms with E-state index in [1.54, 1.807) is 6.07 Å². The van der Waals surface area contributed by atoms with E-state index in [4.69, 9.17) is 4.74 Å². The van der Waals surface area contributed by atoms with Gasteiger partial charge in [0.25, 0.3) is 0 Å². The van der Waals surface area contributed by atoms with E-state index in [1.807, 2.05) is 60.7 Å². The van der Waals surface area contributed by atoms with Gasteiger partial charge < -0.3 is 4.74 Å². The zero-order chi connectivity index (χ0) is 20.3. The highest BCUT2D eigenvalue weighted by atomic mass is 16.5. The third-order valence-electron chi connectivity index (χ3n) is 4.23. The molecule has 4 aromatic carbocycles. The lowest BCUT2D eigenvalue weighted by Crippen LogP contribution is -2.03. The van der Waals surface area contributed by atoms with E-state index in [9.17, 15) is 4.79 Å². The van der Waals surface area contributed by atoms with Crippen molar-refractivity contribution >= 4 is 5.97 Å². The van der Waals surface area contributed by atoms with Crippen LogP contribution in [-0.4, -0.2) is 5.97 Å². The number of ether oxygens (including phenoxy) is 1. The summed E-state index contributed by atoms with van der Waals surface area (Å²) < 4.78 is 5.19. The van der Waals surface area contributed by atoms with Gasteiger partial charge in [0.1, 0.15) is 5.75 Å². The molecule has 0 spiro atoms. The quantitative estimate of drug-likeness (QED) is 0.222. The molecule has 0 heterocycles.